The van der Waals surface area contributed by atoms with Gasteiger partial charge in [-0.05, 0) is 19.9 Å². The van der Waals surface area contributed by atoms with Crippen LogP contribution in [0.5, 0.6) is 0 Å². The van der Waals surface area contributed by atoms with Gasteiger partial charge in [-0.2, -0.15) is 0 Å². The number of aromatic nitrogens is 1. The van der Waals surface area contributed by atoms with Gasteiger partial charge in [0.1, 0.15) is 11.9 Å². The molecule has 0 aliphatic carbocycles. The monoisotopic (exact) mass is 239 g/mol. The molecular formula is C10H13N3O4. The Hall–Kier alpha value is -2.18. The molecule has 2 N–H and O–H groups in total. The highest BCUT2D eigenvalue weighted by atomic mass is 16.6. The number of nitrogens with one attached hydrogen (secondary N) is 1. The summed E-state index contributed by atoms with van der Waals surface area (Å²) in [6.45, 7) is 3.16. The fourth-order valence-electron chi connectivity index (χ4n) is 1.07. The Bertz CT molecular complexity index is 445. The van der Waals surface area contributed by atoms with Crippen molar-refractivity contribution in [3.05, 3.63) is 28.6 Å². The number of carboxylic acids is 1. The van der Waals surface area contributed by atoms with Crippen LogP contribution in [-0.2, 0) is 4.79 Å². The number of carboxylic acid groups (broad SMARTS) is 1. The Morgan fingerprint density at radius 2 is 2.29 bits per heavy atom. The quantitative estimate of drug-likeness (QED) is 0.596. The van der Waals surface area contributed by atoms with Crippen molar-refractivity contribution in [3.8, 4) is 0 Å². The summed E-state index contributed by atoms with van der Waals surface area (Å²) in [5.41, 5.74) is -0.912. The number of nitrogens with zero attached hydrogens (tertiary/aromatic N) is 2. The van der Waals surface area contributed by atoms with Gasteiger partial charge in [0.25, 0.3) is 0 Å². The van der Waals surface area contributed by atoms with Gasteiger partial charge in [-0.1, -0.05) is 0 Å². The molecule has 0 saturated heterocycles. The third-order valence-corrected chi connectivity index (χ3v) is 2.30. The molecule has 1 heterocycles. The third-order valence-electron chi connectivity index (χ3n) is 2.30. The Morgan fingerprint density at radius 3 is 2.82 bits per heavy atom. The first kappa shape index (κ1) is 12.9. The molecule has 92 valence electrons. The van der Waals surface area contributed by atoms with Crippen LogP contribution in [0.15, 0.2) is 18.5 Å². The predicted molar refractivity (Wildman–Crippen MR) is 60.8 cm³/mol. The molecule has 7 nitrogen and oxygen atoms in total. The second-order valence-electron chi connectivity index (χ2n) is 4.19. The molecule has 7 heteroatoms. The van der Waals surface area contributed by atoms with Gasteiger partial charge in [0.2, 0.25) is 0 Å². The molecule has 1 rings (SSSR count). The summed E-state index contributed by atoms with van der Waals surface area (Å²) >= 11 is 0. The van der Waals surface area contributed by atoms with Gasteiger partial charge in [0.05, 0.1) is 10.3 Å². The number of carbonyl (C=O) groups is 1. The molecule has 1 aromatic rings. The van der Waals surface area contributed by atoms with Crippen LogP contribution < -0.4 is 5.32 Å². The van der Waals surface area contributed by atoms with Crippen molar-refractivity contribution in [2.24, 2.45) is 5.41 Å². The van der Waals surface area contributed by atoms with E-state index in [0.717, 1.165) is 6.20 Å². The molecule has 0 unspecified atom stereocenters. The summed E-state index contributed by atoms with van der Waals surface area (Å²) in [7, 11) is 0. The zero-order valence-corrected chi connectivity index (χ0v) is 9.51. The van der Waals surface area contributed by atoms with E-state index < -0.39 is 16.3 Å². The zero-order chi connectivity index (χ0) is 13.1. The van der Waals surface area contributed by atoms with Crippen LogP contribution in [-0.4, -0.2) is 27.5 Å². The Labute approximate surface area is 97.6 Å². The molecule has 0 fully saturated rings. The molecule has 17 heavy (non-hydrogen) atoms. The van der Waals surface area contributed by atoms with E-state index >= 15 is 0 Å². The van der Waals surface area contributed by atoms with Crippen LogP contribution in [0.4, 0.5) is 11.4 Å². The number of hydrogen-bond acceptors (Lipinski definition) is 5. The van der Waals surface area contributed by atoms with Crippen LogP contribution in [0.1, 0.15) is 13.8 Å². The summed E-state index contributed by atoms with van der Waals surface area (Å²) in [6, 6.07) is 1.44. The smallest absolute Gasteiger partial charge is 0.310 e. The van der Waals surface area contributed by atoms with Crippen molar-refractivity contribution in [1.82, 2.24) is 4.98 Å². The van der Waals surface area contributed by atoms with E-state index in [2.05, 4.69) is 10.3 Å². The highest BCUT2D eigenvalue weighted by Gasteiger charge is 2.27. The van der Waals surface area contributed by atoms with Crippen LogP contribution in [0.3, 0.4) is 0 Å². The maximum atomic E-state index is 10.9. The lowest BCUT2D eigenvalue weighted by molar-refractivity contribution is -0.384. The molecule has 0 amide bonds. The average Bonchev–Trinajstić information content (AvgIpc) is 2.26. The maximum Gasteiger partial charge on any atom is 0.310 e. The number of rotatable bonds is 5. The van der Waals surface area contributed by atoms with Crippen molar-refractivity contribution >= 4 is 17.3 Å². The molecule has 0 atom stereocenters. The van der Waals surface area contributed by atoms with Gasteiger partial charge in [-0.15, -0.1) is 0 Å². The SMILES string of the molecule is CC(C)(CNc1ccncc1[N+](=O)[O-])C(=O)O. The number of nitro groups is 1. The summed E-state index contributed by atoms with van der Waals surface area (Å²) in [5.74, 6) is -0.971. The number of anilines is 1. The standard InChI is InChI=1S/C10H13N3O4/c1-10(2,9(14)15)6-12-7-3-4-11-5-8(7)13(16)17/h3-5H,6H2,1-2H3,(H,11,12)(H,14,15). The zero-order valence-electron chi connectivity index (χ0n) is 9.51. The van der Waals surface area contributed by atoms with Gasteiger partial charge in [0.15, 0.2) is 0 Å². The van der Waals surface area contributed by atoms with Gasteiger partial charge < -0.3 is 10.4 Å². The molecule has 0 aliphatic rings. The van der Waals surface area contributed by atoms with Crippen molar-refractivity contribution in [3.63, 3.8) is 0 Å². The highest BCUT2D eigenvalue weighted by Crippen LogP contribution is 2.24. The summed E-state index contributed by atoms with van der Waals surface area (Å²) in [5, 5.41) is 22.4. The van der Waals surface area contributed by atoms with E-state index in [4.69, 9.17) is 5.11 Å². The van der Waals surface area contributed by atoms with E-state index in [1.54, 1.807) is 0 Å². The molecule has 0 bridgehead atoms. The first-order valence-corrected chi connectivity index (χ1v) is 4.90. The Kier molecular flexibility index (Phi) is 3.62. The molecule has 0 spiro atoms. The fourth-order valence-corrected chi connectivity index (χ4v) is 1.07. The van der Waals surface area contributed by atoms with Crippen LogP contribution in [0, 0.1) is 15.5 Å². The summed E-state index contributed by atoms with van der Waals surface area (Å²) < 4.78 is 0. The largest absolute Gasteiger partial charge is 0.481 e. The molecule has 0 saturated carbocycles. The average molecular weight is 239 g/mol. The Balaban J connectivity index is 2.83. The van der Waals surface area contributed by atoms with Crippen molar-refractivity contribution in [2.75, 3.05) is 11.9 Å². The third kappa shape index (κ3) is 3.13. The minimum absolute atomic E-state index is 0.0905. The van der Waals surface area contributed by atoms with E-state index in [9.17, 15) is 14.9 Å². The second kappa shape index (κ2) is 4.77. The van der Waals surface area contributed by atoms with E-state index in [1.165, 1.54) is 26.1 Å². The van der Waals surface area contributed by atoms with Gasteiger partial charge in [-0.25, -0.2) is 0 Å². The topological polar surface area (TPSA) is 105 Å². The van der Waals surface area contributed by atoms with E-state index in [-0.39, 0.29) is 17.9 Å². The van der Waals surface area contributed by atoms with Gasteiger partial charge in [-0.3, -0.25) is 19.9 Å². The number of hydrogen-bond donors (Lipinski definition) is 2. The molecule has 0 aliphatic heterocycles. The van der Waals surface area contributed by atoms with Crippen molar-refractivity contribution < 1.29 is 14.8 Å². The van der Waals surface area contributed by atoms with E-state index in [1.807, 2.05) is 0 Å². The second-order valence-corrected chi connectivity index (χ2v) is 4.19. The van der Waals surface area contributed by atoms with Crippen LogP contribution in [0.2, 0.25) is 0 Å². The van der Waals surface area contributed by atoms with Crippen molar-refractivity contribution in [2.45, 2.75) is 13.8 Å². The summed E-state index contributed by atoms with van der Waals surface area (Å²) in [6.07, 6.45) is 2.53. The lowest BCUT2D eigenvalue weighted by Gasteiger charge is -2.19. The summed E-state index contributed by atoms with van der Waals surface area (Å²) in [4.78, 5) is 24.6. The Morgan fingerprint density at radius 1 is 1.65 bits per heavy atom. The maximum absolute atomic E-state index is 10.9. The van der Waals surface area contributed by atoms with Crippen LogP contribution in [0.25, 0.3) is 0 Å². The fraction of sp³-hybridized carbons (Fsp3) is 0.400. The first-order valence-electron chi connectivity index (χ1n) is 4.90. The van der Waals surface area contributed by atoms with Crippen molar-refractivity contribution in [1.29, 1.82) is 0 Å². The molecule has 0 aromatic carbocycles. The van der Waals surface area contributed by atoms with E-state index in [0.29, 0.717) is 0 Å². The molecule has 0 radical (unpaired) electrons. The molecular weight excluding hydrogens is 226 g/mol. The predicted octanol–water partition coefficient (Wildman–Crippen LogP) is 1.51. The van der Waals surface area contributed by atoms with Gasteiger partial charge >= 0.3 is 11.7 Å². The molecule has 1 aromatic heterocycles. The minimum Gasteiger partial charge on any atom is -0.481 e. The normalized spacial score (nSPS) is 10.9. The van der Waals surface area contributed by atoms with Gasteiger partial charge in [0, 0.05) is 12.7 Å². The first-order chi connectivity index (χ1) is 7.84. The number of pyridine rings is 1. The minimum atomic E-state index is -1.00. The van der Waals surface area contributed by atoms with Crippen LogP contribution >= 0.6 is 0 Å². The number of aliphatic carboxylic acids is 1. The lowest BCUT2D eigenvalue weighted by atomic mass is 9.94. The lowest BCUT2D eigenvalue weighted by Crippen LogP contribution is -2.31. The highest BCUT2D eigenvalue weighted by molar-refractivity contribution is 5.74.